The van der Waals surface area contributed by atoms with E-state index in [-0.39, 0.29) is 32.0 Å². The Kier molecular flexibility index (Phi) is 61.3. The summed E-state index contributed by atoms with van der Waals surface area (Å²) in [6, 6.07) is 0. The molecule has 0 aliphatic heterocycles. The van der Waals surface area contributed by atoms with Gasteiger partial charge in [-0.2, -0.15) is 0 Å². The van der Waals surface area contributed by atoms with Gasteiger partial charge in [-0.15, -0.1) is 0 Å². The van der Waals surface area contributed by atoms with E-state index in [1.807, 2.05) is 21.1 Å². The second-order valence-corrected chi connectivity index (χ2v) is 24.5. The number of rotatable bonds is 60. The van der Waals surface area contributed by atoms with Crippen LogP contribution < -0.4 is 0 Å². The second kappa shape index (κ2) is 64.8. The maximum atomic E-state index is 12.9. The van der Waals surface area contributed by atoms with Crippen LogP contribution in [0.25, 0.3) is 0 Å². The molecule has 0 heterocycles. The Balaban J connectivity index is 4.12. The Hall–Kier alpha value is -4.63. The molecule has 2 unspecified atom stereocenters. The number of carbonyl (C=O) groups excluding carboxylic acids is 2. The summed E-state index contributed by atoms with van der Waals surface area (Å²) in [7, 11) is 1.45. The summed E-state index contributed by atoms with van der Waals surface area (Å²) in [4.78, 5) is 35.8. The van der Waals surface area contributed by atoms with Gasteiger partial charge in [0.15, 0.2) is 6.10 Å². The Morgan fingerprint density at radius 1 is 0.360 bits per heavy atom. The molecule has 0 aromatic heterocycles. The summed E-state index contributed by atoms with van der Waals surface area (Å²) >= 11 is 0. The SMILES string of the molecule is CC/C=C\C/C=C\C/C=C\C/C=C\C/C=C\C/C=C\C/C=C\C/C=C\C/C=C\C/C=C\CCCCCCCCCCCCC(=O)OC(COC(=O)CCCCCCCCCC/C=C\C/C=C\C/C=C\C/C=C\CC)COP(=O)(O)OCC[N+](C)(C)C. The first-order valence-corrected chi connectivity index (χ1v) is 35.4. The zero-order valence-electron chi connectivity index (χ0n) is 55.2. The molecule has 10 heteroatoms. The van der Waals surface area contributed by atoms with Crippen molar-refractivity contribution in [3.05, 3.63) is 170 Å². The summed E-state index contributed by atoms with van der Waals surface area (Å²) in [6.07, 6.45) is 98.7. The molecule has 0 aliphatic carbocycles. The molecule has 0 bridgehead atoms. The third-order valence-corrected chi connectivity index (χ3v) is 14.7. The number of hydrogen-bond acceptors (Lipinski definition) is 7. The summed E-state index contributed by atoms with van der Waals surface area (Å²) in [5.74, 6) is -0.821. The van der Waals surface area contributed by atoms with E-state index in [0.717, 1.165) is 148 Å². The van der Waals surface area contributed by atoms with E-state index in [0.29, 0.717) is 17.4 Å². The standard InChI is InChI=1S/C76H124NO8P/c1-6-8-10-12-14-16-18-20-22-24-26-28-29-30-31-32-33-34-35-36-37-38-39-40-41-42-43-44-45-46-47-49-51-53-55-57-59-61-63-65-67-69-76(79)85-74(73-84-86(80,81)83-71-70-77(3,4)5)72-82-75(78)68-66-64-62-60-58-56-54-52-50-48-27-25-23-21-19-17-15-13-11-9-7-2/h8-11,14-17,20-23,26-28,30-31,33-34,36-37,39-40,42-43,45-46,48,74H,6-7,12-13,18-19,24-25,29,32,35,38,41,44,47,49-73H2,1-5H3/p+1/b10-8-,11-9-,16-14-,17-15-,22-20-,23-21-,28-26-,31-30-,34-33-,37-36-,40-39-,43-42-,46-45-,48-27-. The minimum absolute atomic E-state index is 0.0210. The number of hydrogen-bond donors (Lipinski definition) is 1. The van der Waals surface area contributed by atoms with Crippen molar-refractivity contribution in [3.63, 3.8) is 0 Å². The molecule has 486 valence electrons. The predicted octanol–water partition coefficient (Wildman–Crippen LogP) is 22.2. The highest BCUT2D eigenvalue weighted by molar-refractivity contribution is 7.47. The lowest BCUT2D eigenvalue weighted by molar-refractivity contribution is -0.870. The van der Waals surface area contributed by atoms with E-state index < -0.39 is 26.5 Å². The van der Waals surface area contributed by atoms with Gasteiger partial charge in [-0.1, -0.05) is 274 Å². The topological polar surface area (TPSA) is 108 Å². The molecule has 0 spiro atoms. The summed E-state index contributed by atoms with van der Waals surface area (Å²) < 4.78 is 34.6. The minimum Gasteiger partial charge on any atom is -0.462 e. The molecular formula is C76H125NO8P+. The van der Waals surface area contributed by atoms with Crippen LogP contribution in [0.2, 0.25) is 0 Å². The lowest BCUT2D eigenvalue weighted by Gasteiger charge is -2.24. The van der Waals surface area contributed by atoms with Gasteiger partial charge in [0, 0.05) is 12.8 Å². The van der Waals surface area contributed by atoms with E-state index in [4.69, 9.17) is 18.5 Å². The van der Waals surface area contributed by atoms with Crippen LogP contribution >= 0.6 is 7.82 Å². The fourth-order valence-electron chi connectivity index (χ4n) is 8.62. The molecule has 0 aromatic carbocycles. The highest BCUT2D eigenvalue weighted by Crippen LogP contribution is 2.43. The lowest BCUT2D eigenvalue weighted by atomic mass is 10.0. The molecule has 0 rings (SSSR count). The molecular weight excluding hydrogens is 1090 g/mol. The van der Waals surface area contributed by atoms with Gasteiger partial charge in [0.2, 0.25) is 0 Å². The fourth-order valence-corrected chi connectivity index (χ4v) is 9.36. The summed E-state index contributed by atoms with van der Waals surface area (Å²) in [6.45, 7) is 4.18. The largest absolute Gasteiger partial charge is 0.472 e. The molecule has 0 fully saturated rings. The normalized spacial score (nSPS) is 14.3. The molecule has 0 saturated carbocycles. The molecule has 9 nitrogen and oxygen atoms in total. The van der Waals surface area contributed by atoms with Crippen molar-refractivity contribution >= 4 is 19.8 Å². The average molecular weight is 1210 g/mol. The lowest BCUT2D eigenvalue weighted by Crippen LogP contribution is -2.37. The Morgan fingerprint density at radius 3 is 0.930 bits per heavy atom. The van der Waals surface area contributed by atoms with Gasteiger partial charge < -0.3 is 18.9 Å². The maximum absolute atomic E-state index is 12.9. The number of unbranched alkanes of at least 4 members (excludes halogenated alkanes) is 18. The number of allylic oxidation sites excluding steroid dienone is 28. The molecule has 0 aliphatic rings. The van der Waals surface area contributed by atoms with Crippen LogP contribution in [0.3, 0.4) is 0 Å². The Morgan fingerprint density at radius 2 is 0.628 bits per heavy atom. The number of phosphoric ester groups is 1. The number of quaternary nitrogens is 1. The van der Waals surface area contributed by atoms with Crippen molar-refractivity contribution in [3.8, 4) is 0 Å². The number of likely N-dealkylation sites (N-methyl/N-ethyl adjacent to an activating group) is 1. The molecule has 2 atom stereocenters. The number of esters is 2. The molecule has 0 aromatic rings. The highest BCUT2D eigenvalue weighted by Gasteiger charge is 2.27. The monoisotopic (exact) mass is 1210 g/mol. The zero-order chi connectivity index (χ0) is 62.6. The molecule has 0 amide bonds. The molecule has 86 heavy (non-hydrogen) atoms. The van der Waals surface area contributed by atoms with E-state index in [1.54, 1.807) is 0 Å². The van der Waals surface area contributed by atoms with Gasteiger partial charge in [-0.25, -0.2) is 4.57 Å². The van der Waals surface area contributed by atoms with Crippen LogP contribution in [0.1, 0.15) is 245 Å². The molecule has 1 N–H and O–H groups in total. The number of carbonyl (C=O) groups is 2. The predicted molar refractivity (Wildman–Crippen MR) is 371 cm³/mol. The van der Waals surface area contributed by atoms with E-state index in [9.17, 15) is 19.0 Å². The smallest absolute Gasteiger partial charge is 0.462 e. The van der Waals surface area contributed by atoms with Crippen LogP contribution in [0.15, 0.2) is 170 Å². The Labute approximate surface area is 528 Å². The van der Waals surface area contributed by atoms with E-state index in [2.05, 4.69) is 184 Å². The third kappa shape index (κ3) is 68.5. The quantitative estimate of drug-likeness (QED) is 0.0211. The van der Waals surface area contributed by atoms with Crippen LogP contribution in [0.5, 0.6) is 0 Å². The fraction of sp³-hybridized carbons (Fsp3) is 0.605. The van der Waals surface area contributed by atoms with Gasteiger partial charge in [0.05, 0.1) is 27.7 Å². The van der Waals surface area contributed by atoms with E-state index in [1.165, 1.54) is 64.2 Å². The summed E-state index contributed by atoms with van der Waals surface area (Å²) in [5, 5.41) is 0. The van der Waals surface area contributed by atoms with E-state index >= 15 is 0 Å². The Bertz CT molecular complexity index is 2060. The number of nitrogens with zero attached hydrogens (tertiary/aromatic N) is 1. The van der Waals surface area contributed by atoms with Crippen molar-refractivity contribution in [1.29, 1.82) is 0 Å². The van der Waals surface area contributed by atoms with Gasteiger partial charge in [0.1, 0.15) is 19.8 Å². The van der Waals surface area contributed by atoms with Gasteiger partial charge in [-0.05, 0) is 128 Å². The van der Waals surface area contributed by atoms with Crippen LogP contribution in [-0.4, -0.2) is 74.9 Å². The van der Waals surface area contributed by atoms with Crippen LogP contribution in [-0.2, 0) is 32.7 Å². The highest BCUT2D eigenvalue weighted by atomic mass is 31.2. The van der Waals surface area contributed by atoms with Crippen molar-refractivity contribution in [2.24, 2.45) is 0 Å². The van der Waals surface area contributed by atoms with Gasteiger partial charge >= 0.3 is 19.8 Å². The first-order chi connectivity index (χ1) is 42.0. The average Bonchev–Trinajstić information content (AvgIpc) is 3.70. The van der Waals surface area contributed by atoms with Crippen molar-refractivity contribution in [1.82, 2.24) is 0 Å². The van der Waals surface area contributed by atoms with Crippen molar-refractivity contribution < 1.29 is 42.1 Å². The number of ether oxygens (including phenoxy) is 2. The first-order valence-electron chi connectivity index (χ1n) is 33.9. The third-order valence-electron chi connectivity index (χ3n) is 13.7. The van der Waals surface area contributed by atoms with Crippen LogP contribution in [0, 0.1) is 0 Å². The van der Waals surface area contributed by atoms with Crippen LogP contribution in [0.4, 0.5) is 0 Å². The first kappa shape index (κ1) is 81.4. The minimum atomic E-state index is -4.40. The van der Waals surface area contributed by atoms with Gasteiger partial charge in [0.25, 0.3) is 0 Å². The zero-order valence-corrected chi connectivity index (χ0v) is 56.1. The van der Waals surface area contributed by atoms with Gasteiger partial charge in [-0.3, -0.25) is 18.6 Å². The van der Waals surface area contributed by atoms with Crippen molar-refractivity contribution in [2.75, 3.05) is 47.5 Å². The maximum Gasteiger partial charge on any atom is 0.472 e. The number of phosphoric acid groups is 1. The molecule has 0 saturated heterocycles. The second-order valence-electron chi connectivity index (χ2n) is 23.1. The summed E-state index contributed by atoms with van der Waals surface area (Å²) in [5.41, 5.74) is 0. The molecule has 0 radical (unpaired) electrons. The van der Waals surface area contributed by atoms with Crippen molar-refractivity contribution in [2.45, 2.75) is 251 Å².